The van der Waals surface area contributed by atoms with Crippen LogP contribution in [0.15, 0.2) is 36.5 Å². The number of carbonyl (C=O) groups excluding carboxylic acids is 2. The molecule has 2 heterocycles. The van der Waals surface area contributed by atoms with Gasteiger partial charge in [-0.3, -0.25) is 9.59 Å². The number of nitrogens with one attached hydrogen (secondary N) is 1. The van der Waals surface area contributed by atoms with Crippen molar-refractivity contribution in [3.05, 3.63) is 47.1 Å². The van der Waals surface area contributed by atoms with Gasteiger partial charge in [0, 0.05) is 35.7 Å². The predicted octanol–water partition coefficient (Wildman–Crippen LogP) is 4.53. The normalized spacial score (nSPS) is 18.6. The quantitative estimate of drug-likeness (QED) is 0.798. The van der Waals surface area contributed by atoms with Gasteiger partial charge in [-0.05, 0) is 49.9 Å². The van der Waals surface area contributed by atoms with Crippen LogP contribution < -0.4 is 5.32 Å². The number of piperidine rings is 1. The number of hydrogen-bond donors (Lipinski definition) is 1. The standard InChI is InChI=1S/C22H27ClN4O2/c23-18-8-6-17(7-9-18)22(29)26-14-11-16(12-15-26)21(28)25-20-10-13-24-27(20)19-4-2-1-3-5-19/h6-10,13,16,19H,1-5,11-12,14-15H2,(H,25,28). The van der Waals surface area contributed by atoms with Crippen molar-refractivity contribution in [3.63, 3.8) is 0 Å². The fourth-order valence-electron chi connectivity index (χ4n) is 4.38. The average molecular weight is 415 g/mol. The van der Waals surface area contributed by atoms with Crippen LogP contribution in [0.5, 0.6) is 0 Å². The molecule has 0 bridgehead atoms. The van der Waals surface area contributed by atoms with Gasteiger partial charge < -0.3 is 10.2 Å². The number of anilines is 1. The first-order chi connectivity index (χ1) is 14.1. The van der Waals surface area contributed by atoms with Gasteiger partial charge in [0.1, 0.15) is 5.82 Å². The van der Waals surface area contributed by atoms with Crippen molar-refractivity contribution in [2.24, 2.45) is 5.92 Å². The molecule has 6 nitrogen and oxygen atoms in total. The zero-order chi connectivity index (χ0) is 20.2. The molecule has 1 aliphatic carbocycles. The summed E-state index contributed by atoms with van der Waals surface area (Å²) in [6.07, 6.45) is 9.07. The van der Waals surface area contributed by atoms with E-state index in [0.717, 1.165) is 18.7 Å². The minimum absolute atomic E-state index is 0.00380. The Labute approximate surface area is 176 Å². The lowest BCUT2D eigenvalue weighted by Gasteiger charge is -2.31. The maximum atomic E-state index is 12.8. The van der Waals surface area contributed by atoms with Crippen molar-refractivity contribution < 1.29 is 9.59 Å². The fraction of sp³-hybridized carbons (Fsp3) is 0.500. The molecular formula is C22H27ClN4O2. The van der Waals surface area contributed by atoms with Crippen LogP contribution in [-0.2, 0) is 4.79 Å². The monoisotopic (exact) mass is 414 g/mol. The topological polar surface area (TPSA) is 67.2 Å². The molecule has 2 aromatic rings. The molecule has 0 atom stereocenters. The zero-order valence-corrected chi connectivity index (χ0v) is 17.3. The molecule has 1 saturated heterocycles. The molecule has 154 valence electrons. The van der Waals surface area contributed by atoms with E-state index in [-0.39, 0.29) is 17.7 Å². The summed E-state index contributed by atoms with van der Waals surface area (Å²) >= 11 is 5.90. The minimum atomic E-state index is -0.0843. The lowest BCUT2D eigenvalue weighted by atomic mass is 9.95. The van der Waals surface area contributed by atoms with E-state index in [0.29, 0.717) is 42.6 Å². The van der Waals surface area contributed by atoms with E-state index in [1.165, 1.54) is 19.3 Å². The largest absolute Gasteiger partial charge is 0.339 e. The first-order valence-electron chi connectivity index (χ1n) is 10.5. The zero-order valence-electron chi connectivity index (χ0n) is 16.5. The second-order valence-electron chi connectivity index (χ2n) is 8.02. The summed E-state index contributed by atoms with van der Waals surface area (Å²) in [6.45, 7) is 1.17. The van der Waals surface area contributed by atoms with Gasteiger partial charge in [-0.15, -0.1) is 0 Å². The van der Waals surface area contributed by atoms with Crippen molar-refractivity contribution in [1.82, 2.24) is 14.7 Å². The highest BCUT2D eigenvalue weighted by Gasteiger charge is 2.29. The molecule has 0 radical (unpaired) electrons. The molecule has 1 aliphatic heterocycles. The summed E-state index contributed by atoms with van der Waals surface area (Å²) in [5.74, 6) is 0.734. The molecule has 1 aromatic carbocycles. The Morgan fingerprint density at radius 1 is 0.966 bits per heavy atom. The summed E-state index contributed by atoms with van der Waals surface area (Å²) in [5.41, 5.74) is 0.633. The second-order valence-corrected chi connectivity index (χ2v) is 8.45. The molecule has 2 aliphatic rings. The molecule has 7 heteroatoms. The number of amides is 2. The van der Waals surface area contributed by atoms with Crippen molar-refractivity contribution in [3.8, 4) is 0 Å². The molecule has 1 saturated carbocycles. The van der Waals surface area contributed by atoms with Crippen LogP contribution in [0.2, 0.25) is 5.02 Å². The first kappa shape index (κ1) is 20.0. The summed E-state index contributed by atoms with van der Waals surface area (Å²) in [5, 5.41) is 8.15. The molecule has 4 rings (SSSR count). The van der Waals surface area contributed by atoms with Gasteiger partial charge in [0.2, 0.25) is 5.91 Å². The summed E-state index contributed by atoms with van der Waals surface area (Å²) in [4.78, 5) is 27.3. The minimum Gasteiger partial charge on any atom is -0.339 e. The van der Waals surface area contributed by atoms with Gasteiger partial charge in [-0.1, -0.05) is 30.9 Å². The molecule has 2 fully saturated rings. The van der Waals surface area contributed by atoms with Crippen LogP contribution in [0.3, 0.4) is 0 Å². The van der Waals surface area contributed by atoms with Crippen LogP contribution in [0.4, 0.5) is 5.82 Å². The molecule has 0 unspecified atom stereocenters. The van der Waals surface area contributed by atoms with Crippen LogP contribution in [-0.4, -0.2) is 39.6 Å². The number of halogens is 1. The summed E-state index contributed by atoms with van der Waals surface area (Å²) < 4.78 is 1.98. The van der Waals surface area contributed by atoms with Gasteiger partial charge >= 0.3 is 0 Å². The molecule has 2 amide bonds. The van der Waals surface area contributed by atoms with E-state index < -0.39 is 0 Å². The smallest absolute Gasteiger partial charge is 0.253 e. The molecular weight excluding hydrogens is 388 g/mol. The number of rotatable bonds is 4. The number of hydrogen-bond acceptors (Lipinski definition) is 3. The third-order valence-electron chi connectivity index (χ3n) is 6.09. The summed E-state index contributed by atoms with van der Waals surface area (Å²) in [6, 6.07) is 9.21. The van der Waals surface area contributed by atoms with Gasteiger partial charge in [0.15, 0.2) is 0 Å². The fourth-order valence-corrected chi connectivity index (χ4v) is 4.50. The Balaban J connectivity index is 1.32. The van der Waals surface area contributed by atoms with Gasteiger partial charge in [-0.25, -0.2) is 4.68 Å². The highest BCUT2D eigenvalue weighted by molar-refractivity contribution is 6.30. The third kappa shape index (κ3) is 4.64. The average Bonchev–Trinajstić information content (AvgIpc) is 3.22. The van der Waals surface area contributed by atoms with Gasteiger partial charge in [0.05, 0.1) is 12.2 Å². The number of aromatic nitrogens is 2. The third-order valence-corrected chi connectivity index (χ3v) is 6.34. The van der Waals surface area contributed by atoms with E-state index in [1.807, 2.05) is 15.6 Å². The summed E-state index contributed by atoms with van der Waals surface area (Å²) in [7, 11) is 0. The Morgan fingerprint density at radius 2 is 1.66 bits per heavy atom. The second kappa shape index (κ2) is 8.99. The van der Waals surface area contributed by atoms with Crippen LogP contribution in [0.1, 0.15) is 61.3 Å². The van der Waals surface area contributed by atoms with Crippen molar-refractivity contribution in [2.75, 3.05) is 18.4 Å². The molecule has 1 N–H and O–H groups in total. The van der Waals surface area contributed by atoms with E-state index in [1.54, 1.807) is 30.5 Å². The number of benzene rings is 1. The van der Waals surface area contributed by atoms with E-state index in [2.05, 4.69) is 10.4 Å². The Bertz CT molecular complexity index is 850. The molecule has 0 spiro atoms. The van der Waals surface area contributed by atoms with Gasteiger partial charge in [0.25, 0.3) is 5.91 Å². The van der Waals surface area contributed by atoms with Crippen LogP contribution in [0.25, 0.3) is 0 Å². The maximum absolute atomic E-state index is 12.8. The molecule has 1 aromatic heterocycles. The Kier molecular flexibility index (Phi) is 6.19. The lowest BCUT2D eigenvalue weighted by molar-refractivity contribution is -0.121. The van der Waals surface area contributed by atoms with Crippen LogP contribution in [0, 0.1) is 5.92 Å². The predicted molar refractivity (Wildman–Crippen MR) is 113 cm³/mol. The number of nitrogens with zero attached hydrogens (tertiary/aromatic N) is 3. The highest BCUT2D eigenvalue weighted by atomic mass is 35.5. The van der Waals surface area contributed by atoms with E-state index in [4.69, 9.17) is 11.6 Å². The van der Waals surface area contributed by atoms with Crippen molar-refractivity contribution >= 4 is 29.2 Å². The maximum Gasteiger partial charge on any atom is 0.253 e. The van der Waals surface area contributed by atoms with Crippen molar-refractivity contribution in [1.29, 1.82) is 0 Å². The number of likely N-dealkylation sites (tertiary alicyclic amines) is 1. The van der Waals surface area contributed by atoms with Crippen molar-refractivity contribution in [2.45, 2.75) is 51.0 Å². The van der Waals surface area contributed by atoms with Gasteiger partial charge in [-0.2, -0.15) is 5.10 Å². The Hall–Kier alpha value is -2.34. The molecule has 29 heavy (non-hydrogen) atoms. The SMILES string of the molecule is O=C(Nc1ccnn1C1CCCCC1)C1CCN(C(=O)c2ccc(Cl)cc2)CC1. The number of carbonyl (C=O) groups is 2. The Morgan fingerprint density at radius 3 is 2.34 bits per heavy atom. The van der Waals surface area contributed by atoms with E-state index >= 15 is 0 Å². The lowest BCUT2D eigenvalue weighted by Crippen LogP contribution is -2.41. The van der Waals surface area contributed by atoms with E-state index in [9.17, 15) is 9.59 Å². The highest BCUT2D eigenvalue weighted by Crippen LogP contribution is 2.30. The first-order valence-corrected chi connectivity index (χ1v) is 10.9. The van der Waals surface area contributed by atoms with Crippen LogP contribution >= 0.6 is 11.6 Å².